The number of carboxylic acid groups (broad SMARTS) is 1. The third kappa shape index (κ3) is 3.10. The Morgan fingerprint density at radius 1 is 1.43 bits per heavy atom. The molecule has 0 aliphatic heterocycles. The monoisotopic (exact) mass is 319 g/mol. The first-order valence-corrected chi connectivity index (χ1v) is 6.25. The first-order valence-electron chi connectivity index (χ1n) is 5.44. The summed E-state index contributed by atoms with van der Waals surface area (Å²) in [6.45, 7) is 0. The van der Waals surface area contributed by atoms with E-state index in [1.165, 1.54) is 7.05 Å². The largest absolute Gasteiger partial charge is 0.478 e. The molecule has 0 radical (unpaired) electrons. The minimum absolute atomic E-state index is 0.0533. The Morgan fingerprint density at radius 3 is 2.57 bits per heavy atom. The third-order valence-electron chi connectivity index (χ3n) is 2.58. The number of nitrogens with one attached hydrogen (secondary N) is 1. The maximum absolute atomic E-state index is 12.6. The number of halogens is 3. The van der Waals surface area contributed by atoms with E-state index in [0.29, 0.717) is 6.07 Å². The van der Waals surface area contributed by atoms with Crippen molar-refractivity contribution in [3.63, 3.8) is 0 Å². The molecule has 2 rings (SSSR count). The van der Waals surface area contributed by atoms with Gasteiger partial charge in [0, 0.05) is 11.9 Å². The smallest absolute Gasteiger partial charge is 0.416 e. The molecule has 0 aliphatic rings. The van der Waals surface area contributed by atoms with Gasteiger partial charge in [0.15, 0.2) is 5.16 Å². The predicted molar refractivity (Wildman–Crippen MR) is 66.4 cm³/mol. The minimum Gasteiger partial charge on any atom is -0.478 e. The fraction of sp³-hybridized carbons (Fsp3) is 0.182. The Hall–Kier alpha value is -2.23. The molecule has 10 heteroatoms. The molecule has 0 fully saturated rings. The van der Waals surface area contributed by atoms with Crippen LogP contribution in [0.2, 0.25) is 0 Å². The van der Waals surface area contributed by atoms with Crippen molar-refractivity contribution < 1.29 is 23.1 Å². The lowest BCUT2D eigenvalue weighted by atomic mass is 10.1. The highest BCUT2D eigenvalue weighted by Gasteiger charge is 2.32. The molecule has 1 heterocycles. The van der Waals surface area contributed by atoms with Gasteiger partial charge in [-0.1, -0.05) is 0 Å². The number of hydrogen-bond acceptors (Lipinski definition) is 4. The van der Waals surface area contributed by atoms with Gasteiger partial charge in [-0.25, -0.2) is 14.7 Å². The zero-order chi connectivity index (χ0) is 15.8. The zero-order valence-corrected chi connectivity index (χ0v) is 11.2. The average Bonchev–Trinajstić information content (AvgIpc) is 2.69. The number of carboxylic acids is 1. The molecule has 0 saturated carbocycles. The number of alkyl halides is 3. The number of hydrogen-bond donors (Lipinski definition) is 2. The van der Waals surface area contributed by atoms with Crippen LogP contribution < -0.4 is 5.69 Å². The highest BCUT2D eigenvalue weighted by molar-refractivity contribution is 7.99. The quantitative estimate of drug-likeness (QED) is 0.903. The SMILES string of the molecule is Cn1c(Sc2ccc(C(F)(F)F)cc2C(=O)O)n[nH]c1=O. The summed E-state index contributed by atoms with van der Waals surface area (Å²) in [6, 6.07) is 2.37. The van der Waals surface area contributed by atoms with Crippen molar-refractivity contribution in [3.8, 4) is 0 Å². The van der Waals surface area contributed by atoms with Crippen molar-refractivity contribution in [2.24, 2.45) is 7.05 Å². The molecule has 0 aliphatic carbocycles. The number of carbonyl (C=O) groups is 1. The first-order chi connectivity index (χ1) is 9.70. The predicted octanol–water partition coefficient (Wildman–Crippen LogP) is 1.98. The van der Waals surface area contributed by atoms with Crippen LogP contribution in [-0.4, -0.2) is 25.8 Å². The maximum atomic E-state index is 12.6. The summed E-state index contributed by atoms with van der Waals surface area (Å²) in [7, 11) is 1.40. The molecule has 0 saturated heterocycles. The highest BCUT2D eigenvalue weighted by atomic mass is 32.2. The van der Waals surface area contributed by atoms with Gasteiger partial charge < -0.3 is 5.11 Å². The van der Waals surface area contributed by atoms with Crippen LogP contribution in [0, 0.1) is 0 Å². The Bertz CT molecular complexity index is 751. The van der Waals surface area contributed by atoms with E-state index in [4.69, 9.17) is 5.11 Å². The normalized spacial score (nSPS) is 11.6. The van der Waals surface area contributed by atoms with Crippen LogP contribution in [0.5, 0.6) is 0 Å². The molecule has 1 aromatic carbocycles. The zero-order valence-electron chi connectivity index (χ0n) is 10.4. The Balaban J connectivity index is 2.47. The Labute approximate surface area is 119 Å². The van der Waals surface area contributed by atoms with Crippen LogP contribution in [0.25, 0.3) is 0 Å². The summed E-state index contributed by atoms with van der Waals surface area (Å²) in [5, 5.41) is 15.0. The number of nitrogens with zero attached hydrogens (tertiary/aromatic N) is 2. The fourth-order valence-electron chi connectivity index (χ4n) is 1.48. The van der Waals surface area contributed by atoms with E-state index in [-0.39, 0.29) is 10.1 Å². The lowest BCUT2D eigenvalue weighted by molar-refractivity contribution is -0.137. The lowest BCUT2D eigenvalue weighted by Crippen LogP contribution is -2.13. The summed E-state index contributed by atoms with van der Waals surface area (Å²) in [5.41, 5.74) is -2.08. The van der Waals surface area contributed by atoms with Crippen molar-refractivity contribution in [2.75, 3.05) is 0 Å². The molecule has 1 aromatic heterocycles. The second kappa shape index (κ2) is 5.28. The van der Waals surface area contributed by atoms with E-state index >= 15 is 0 Å². The third-order valence-corrected chi connectivity index (χ3v) is 3.70. The first kappa shape index (κ1) is 15.2. The van der Waals surface area contributed by atoms with Gasteiger partial charge in [-0.2, -0.15) is 13.2 Å². The molecule has 0 spiro atoms. The van der Waals surface area contributed by atoms with Crippen LogP contribution in [-0.2, 0) is 13.2 Å². The molecule has 0 bridgehead atoms. The molecule has 112 valence electrons. The van der Waals surface area contributed by atoms with Crippen LogP contribution in [0.1, 0.15) is 15.9 Å². The molecule has 2 aromatic rings. The van der Waals surface area contributed by atoms with Crippen molar-refractivity contribution in [3.05, 3.63) is 39.8 Å². The maximum Gasteiger partial charge on any atom is 0.416 e. The molecule has 0 atom stereocenters. The second-order valence-corrected chi connectivity index (χ2v) is 5.00. The van der Waals surface area contributed by atoms with E-state index in [1.807, 2.05) is 0 Å². The number of rotatable bonds is 3. The summed E-state index contributed by atoms with van der Waals surface area (Å²) < 4.78 is 38.9. The molecule has 21 heavy (non-hydrogen) atoms. The van der Waals surface area contributed by atoms with Gasteiger partial charge in [0.2, 0.25) is 0 Å². The second-order valence-electron chi connectivity index (χ2n) is 3.99. The number of H-pyrrole nitrogens is 1. The van der Waals surface area contributed by atoms with E-state index in [9.17, 15) is 22.8 Å². The van der Waals surface area contributed by atoms with Crippen LogP contribution >= 0.6 is 11.8 Å². The molecule has 0 amide bonds. The lowest BCUT2D eigenvalue weighted by Gasteiger charge is -2.10. The minimum atomic E-state index is -4.63. The van der Waals surface area contributed by atoms with Crippen LogP contribution in [0.4, 0.5) is 13.2 Å². The van der Waals surface area contributed by atoms with Crippen molar-refractivity contribution in [1.29, 1.82) is 0 Å². The van der Waals surface area contributed by atoms with E-state index in [0.717, 1.165) is 28.5 Å². The number of aromatic carboxylic acids is 1. The van der Waals surface area contributed by atoms with E-state index < -0.39 is 29.0 Å². The summed E-state index contributed by atoms with van der Waals surface area (Å²) in [5.74, 6) is -1.50. The van der Waals surface area contributed by atoms with Gasteiger partial charge in [0.25, 0.3) is 0 Å². The van der Waals surface area contributed by atoms with Crippen molar-refractivity contribution in [1.82, 2.24) is 14.8 Å². The van der Waals surface area contributed by atoms with Crippen LogP contribution in [0.3, 0.4) is 0 Å². The van der Waals surface area contributed by atoms with Gasteiger partial charge in [0.1, 0.15) is 0 Å². The average molecular weight is 319 g/mol. The molecule has 6 nitrogen and oxygen atoms in total. The number of benzene rings is 1. The van der Waals surface area contributed by atoms with Gasteiger partial charge in [-0.3, -0.25) is 4.57 Å². The van der Waals surface area contributed by atoms with Gasteiger partial charge >= 0.3 is 17.8 Å². The molecule has 0 unspecified atom stereocenters. The standard InChI is InChI=1S/C11H8F3N3O3S/c1-17-9(20)15-16-10(17)21-7-3-2-5(11(12,13)14)4-6(7)8(18)19/h2-4H,1H3,(H,15,20)(H,18,19). The van der Waals surface area contributed by atoms with Gasteiger partial charge in [-0.15, -0.1) is 5.10 Å². The van der Waals surface area contributed by atoms with E-state index in [1.54, 1.807) is 0 Å². The molecular formula is C11H8F3N3O3S. The number of aromatic nitrogens is 3. The molecular weight excluding hydrogens is 311 g/mol. The van der Waals surface area contributed by atoms with Crippen LogP contribution in [0.15, 0.2) is 33.0 Å². The van der Waals surface area contributed by atoms with Crippen molar-refractivity contribution >= 4 is 17.7 Å². The number of aromatic amines is 1. The topological polar surface area (TPSA) is 88.0 Å². The summed E-state index contributed by atoms with van der Waals surface area (Å²) in [4.78, 5) is 22.4. The van der Waals surface area contributed by atoms with E-state index in [2.05, 4.69) is 10.2 Å². The Kier molecular flexibility index (Phi) is 3.81. The van der Waals surface area contributed by atoms with Crippen molar-refractivity contribution in [2.45, 2.75) is 16.2 Å². The highest BCUT2D eigenvalue weighted by Crippen LogP contribution is 2.34. The fourth-order valence-corrected chi connectivity index (χ4v) is 2.38. The summed E-state index contributed by atoms with van der Waals surface area (Å²) >= 11 is 0.782. The summed E-state index contributed by atoms with van der Waals surface area (Å²) in [6.07, 6.45) is -4.63. The van der Waals surface area contributed by atoms with Gasteiger partial charge in [0.05, 0.1) is 11.1 Å². The molecule has 2 N–H and O–H groups in total. The Morgan fingerprint density at radius 2 is 2.10 bits per heavy atom. The van der Waals surface area contributed by atoms with Gasteiger partial charge in [-0.05, 0) is 30.0 Å².